The summed E-state index contributed by atoms with van der Waals surface area (Å²) >= 11 is 0. The third-order valence-corrected chi connectivity index (χ3v) is 2.48. The molecule has 0 aliphatic heterocycles. The smallest absolute Gasteiger partial charge is 0.233 e. The summed E-state index contributed by atoms with van der Waals surface area (Å²) in [5, 5.41) is 0. The van der Waals surface area contributed by atoms with Crippen LogP contribution in [0, 0.1) is 0 Å². The van der Waals surface area contributed by atoms with Crippen molar-refractivity contribution in [3.63, 3.8) is 0 Å². The summed E-state index contributed by atoms with van der Waals surface area (Å²) in [6.45, 7) is 0. The van der Waals surface area contributed by atoms with Gasteiger partial charge in [-0.2, -0.15) is 0 Å². The molecular formula is C13H11IN2O. The summed E-state index contributed by atoms with van der Waals surface area (Å²) in [5.41, 5.74) is 2.70. The molecule has 0 atom stereocenters. The molecule has 0 radical (unpaired) electrons. The maximum atomic E-state index is 5.68. The minimum atomic E-state index is 0. The molecule has 0 amide bonds. The van der Waals surface area contributed by atoms with Crippen LogP contribution in [0.1, 0.15) is 0 Å². The van der Waals surface area contributed by atoms with Gasteiger partial charge in [-0.3, -0.25) is 0 Å². The van der Waals surface area contributed by atoms with Crippen LogP contribution in [0.4, 0.5) is 0 Å². The normalized spacial score (nSPS) is 10.2. The van der Waals surface area contributed by atoms with Gasteiger partial charge < -0.3 is 28.4 Å². The van der Waals surface area contributed by atoms with E-state index < -0.39 is 0 Å². The van der Waals surface area contributed by atoms with Gasteiger partial charge in [-0.25, -0.2) is 9.55 Å². The zero-order chi connectivity index (χ0) is 11.0. The average molecular weight is 338 g/mol. The van der Waals surface area contributed by atoms with E-state index in [4.69, 9.17) is 4.42 Å². The number of para-hydroxylation sites is 2. The van der Waals surface area contributed by atoms with Crippen LogP contribution in [0.25, 0.3) is 22.6 Å². The summed E-state index contributed by atoms with van der Waals surface area (Å²) in [4.78, 5) is 4.44. The Morgan fingerprint density at radius 2 is 1.94 bits per heavy atom. The Labute approximate surface area is 116 Å². The molecule has 0 N–H and O–H groups in total. The van der Waals surface area contributed by atoms with Gasteiger partial charge in [0.1, 0.15) is 18.1 Å². The quantitative estimate of drug-likeness (QED) is 0.435. The Kier molecular flexibility index (Phi) is 3.42. The van der Waals surface area contributed by atoms with E-state index in [0.717, 1.165) is 16.7 Å². The number of fused-ring (bicyclic) bond motifs is 1. The Balaban J connectivity index is 0.00000108. The van der Waals surface area contributed by atoms with Gasteiger partial charge in [0.15, 0.2) is 18.0 Å². The number of benzene rings is 1. The van der Waals surface area contributed by atoms with Crippen LogP contribution in [-0.2, 0) is 7.05 Å². The predicted molar refractivity (Wildman–Crippen MR) is 60.6 cm³/mol. The van der Waals surface area contributed by atoms with Crippen molar-refractivity contribution < 1.29 is 33.0 Å². The first kappa shape index (κ1) is 12.0. The van der Waals surface area contributed by atoms with Crippen molar-refractivity contribution in [2.24, 2.45) is 7.05 Å². The van der Waals surface area contributed by atoms with Gasteiger partial charge in [-0.15, -0.1) is 0 Å². The third kappa shape index (κ3) is 2.31. The van der Waals surface area contributed by atoms with E-state index in [9.17, 15) is 0 Å². The van der Waals surface area contributed by atoms with E-state index in [0.29, 0.717) is 5.89 Å². The van der Waals surface area contributed by atoms with Gasteiger partial charge in [0.2, 0.25) is 5.89 Å². The second-order valence-corrected chi connectivity index (χ2v) is 3.74. The van der Waals surface area contributed by atoms with E-state index in [1.807, 2.05) is 60.4 Å². The van der Waals surface area contributed by atoms with Crippen LogP contribution in [0.3, 0.4) is 0 Å². The van der Waals surface area contributed by atoms with E-state index >= 15 is 0 Å². The van der Waals surface area contributed by atoms with Crippen LogP contribution < -0.4 is 28.5 Å². The van der Waals surface area contributed by atoms with Crippen molar-refractivity contribution >= 4 is 11.1 Å². The maximum Gasteiger partial charge on any atom is 0.233 e. The molecule has 0 aliphatic carbocycles. The number of oxazole rings is 1. The maximum absolute atomic E-state index is 5.68. The van der Waals surface area contributed by atoms with Crippen molar-refractivity contribution in [2.75, 3.05) is 0 Å². The molecule has 0 aliphatic rings. The number of halogens is 1. The third-order valence-electron chi connectivity index (χ3n) is 2.48. The first-order chi connectivity index (χ1) is 7.83. The monoisotopic (exact) mass is 338 g/mol. The first-order valence-electron chi connectivity index (χ1n) is 5.14. The molecule has 17 heavy (non-hydrogen) atoms. The second-order valence-electron chi connectivity index (χ2n) is 3.74. The summed E-state index contributed by atoms with van der Waals surface area (Å²) < 4.78 is 7.66. The number of nitrogens with zero attached hydrogens (tertiary/aromatic N) is 2. The topological polar surface area (TPSA) is 29.9 Å². The van der Waals surface area contributed by atoms with Crippen LogP contribution >= 0.6 is 0 Å². The van der Waals surface area contributed by atoms with Gasteiger partial charge in [0.25, 0.3) is 0 Å². The summed E-state index contributed by atoms with van der Waals surface area (Å²) in [5.74, 6) is 0.664. The highest BCUT2D eigenvalue weighted by Crippen LogP contribution is 2.22. The molecule has 4 heteroatoms. The fourth-order valence-electron chi connectivity index (χ4n) is 1.71. The Morgan fingerprint density at radius 3 is 2.71 bits per heavy atom. The fraction of sp³-hybridized carbons (Fsp3) is 0.0769. The van der Waals surface area contributed by atoms with E-state index in [1.54, 1.807) is 0 Å². The lowest BCUT2D eigenvalue weighted by Crippen LogP contribution is -3.00. The molecule has 0 bridgehead atoms. The highest BCUT2D eigenvalue weighted by atomic mass is 127. The minimum absolute atomic E-state index is 0. The molecule has 0 unspecified atom stereocenters. The standard InChI is InChI=1S/C13H11N2O.HI/c1-15-8-4-5-10(9-15)13-14-11-6-2-3-7-12(11)16-13;/h2-9H,1H3;1H/q+1;/p-1. The highest BCUT2D eigenvalue weighted by Gasteiger charge is 2.09. The zero-order valence-corrected chi connectivity index (χ0v) is 11.5. The molecule has 1 aromatic carbocycles. The number of pyridine rings is 1. The molecule has 0 saturated heterocycles. The van der Waals surface area contributed by atoms with Gasteiger partial charge >= 0.3 is 0 Å². The van der Waals surface area contributed by atoms with Crippen molar-refractivity contribution in [2.45, 2.75) is 0 Å². The first-order valence-corrected chi connectivity index (χ1v) is 5.14. The van der Waals surface area contributed by atoms with Gasteiger partial charge in [-0.1, -0.05) is 12.1 Å². The van der Waals surface area contributed by atoms with Gasteiger partial charge in [0, 0.05) is 6.07 Å². The average Bonchev–Trinajstić information content (AvgIpc) is 2.72. The number of aromatic nitrogens is 2. The molecule has 3 aromatic rings. The van der Waals surface area contributed by atoms with Crippen molar-refractivity contribution in [3.05, 3.63) is 48.8 Å². The van der Waals surface area contributed by atoms with Crippen LogP contribution in [0.2, 0.25) is 0 Å². The summed E-state index contributed by atoms with van der Waals surface area (Å²) in [6, 6.07) is 11.7. The fourth-order valence-corrected chi connectivity index (χ4v) is 1.71. The van der Waals surface area contributed by atoms with Crippen molar-refractivity contribution in [1.82, 2.24) is 4.98 Å². The molecule has 86 valence electrons. The Morgan fingerprint density at radius 1 is 1.12 bits per heavy atom. The molecule has 0 fully saturated rings. The summed E-state index contributed by atoms with van der Waals surface area (Å²) in [7, 11) is 1.98. The molecule has 3 rings (SSSR count). The highest BCUT2D eigenvalue weighted by molar-refractivity contribution is 5.75. The number of hydrogen-bond acceptors (Lipinski definition) is 2. The lowest BCUT2D eigenvalue weighted by molar-refractivity contribution is -0.671. The molecule has 3 nitrogen and oxygen atoms in total. The SMILES string of the molecule is C[n+]1cccc(-c2nc3ccccc3o2)c1.[I-]. The number of rotatable bonds is 1. The van der Waals surface area contributed by atoms with Crippen molar-refractivity contribution in [3.8, 4) is 11.5 Å². The van der Waals surface area contributed by atoms with Crippen LogP contribution in [0.15, 0.2) is 53.2 Å². The Hall–Kier alpha value is -1.43. The Bertz CT molecular complexity index is 615. The lowest BCUT2D eigenvalue weighted by atomic mass is 10.3. The molecule has 0 spiro atoms. The second kappa shape index (κ2) is 4.83. The zero-order valence-electron chi connectivity index (χ0n) is 9.30. The molecule has 2 heterocycles. The van der Waals surface area contributed by atoms with E-state index in [-0.39, 0.29) is 24.0 Å². The van der Waals surface area contributed by atoms with Crippen molar-refractivity contribution in [1.29, 1.82) is 0 Å². The largest absolute Gasteiger partial charge is 1.00 e. The van der Waals surface area contributed by atoms with Gasteiger partial charge in [0.05, 0.1) is 0 Å². The van der Waals surface area contributed by atoms with E-state index in [2.05, 4.69) is 4.98 Å². The molecule has 0 saturated carbocycles. The van der Waals surface area contributed by atoms with Crippen LogP contribution in [-0.4, -0.2) is 4.98 Å². The lowest BCUT2D eigenvalue weighted by Gasteiger charge is -1.91. The number of hydrogen-bond donors (Lipinski definition) is 0. The van der Waals surface area contributed by atoms with Gasteiger partial charge in [-0.05, 0) is 18.2 Å². The predicted octanol–water partition coefficient (Wildman–Crippen LogP) is -0.677. The molecule has 2 aromatic heterocycles. The number of aryl methyl sites for hydroxylation is 1. The summed E-state index contributed by atoms with van der Waals surface area (Å²) in [6.07, 6.45) is 3.97. The molecular weight excluding hydrogens is 327 g/mol. The minimum Gasteiger partial charge on any atom is -1.00 e. The van der Waals surface area contributed by atoms with E-state index in [1.165, 1.54) is 0 Å². The van der Waals surface area contributed by atoms with Crippen LogP contribution in [0.5, 0.6) is 0 Å².